The van der Waals surface area contributed by atoms with Gasteiger partial charge < -0.3 is 15.4 Å². The van der Waals surface area contributed by atoms with Crippen molar-refractivity contribution in [1.82, 2.24) is 14.7 Å². The molecule has 0 radical (unpaired) electrons. The number of halogens is 3. The van der Waals surface area contributed by atoms with Crippen LogP contribution < -0.4 is 11.1 Å². The van der Waals surface area contributed by atoms with Gasteiger partial charge in [-0.1, -0.05) is 18.2 Å². The van der Waals surface area contributed by atoms with Crippen LogP contribution in [0.25, 0.3) is 11.3 Å². The van der Waals surface area contributed by atoms with Crippen LogP contribution in [0, 0.1) is 17.5 Å². The van der Waals surface area contributed by atoms with Crippen molar-refractivity contribution in [2.75, 3.05) is 38.7 Å². The van der Waals surface area contributed by atoms with E-state index < -0.39 is 17.7 Å². The van der Waals surface area contributed by atoms with E-state index in [4.69, 9.17) is 10.5 Å². The summed E-state index contributed by atoms with van der Waals surface area (Å²) < 4.78 is 45.5. The molecule has 3 N–H and O–H groups in total. The molecule has 0 spiro atoms. The van der Waals surface area contributed by atoms with Crippen molar-refractivity contribution in [3.05, 3.63) is 71.5 Å². The van der Waals surface area contributed by atoms with Crippen molar-refractivity contribution < 1.29 is 22.7 Å². The molecule has 3 aromatic rings. The fourth-order valence-corrected chi connectivity index (χ4v) is 3.79. The van der Waals surface area contributed by atoms with Crippen molar-refractivity contribution in [2.45, 2.75) is 12.3 Å². The first kappa shape index (κ1) is 25.3. The average molecular weight is 476 g/mol. The molecule has 1 atom stereocenters. The Bertz CT molecular complexity index is 1120. The second-order valence-electron chi connectivity index (χ2n) is 7.99. The number of carbonyl (C=O) groups excluding carboxylic acids is 1. The summed E-state index contributed by atoms with van der Waals surface area (Å²) in [5.74, 6) is -1.10. The molecule has 1 saturated heterocycles. The van der Waals surface area contributed by atoms with Crippen molar-refractivity contribution in [2.24, 2.45) is 12.8 Å². The Hall–Kier alpha value is -3.37. The number of nitrogens with two attached hydrogens (primary N) is 1. The van der Waals surface area contributed by atoms with Crippen LogP contribution in [0.2, 0.25) is 0 Å². The highest BCUT2D eigenvalue weighted by atomic mass is 19.2. The first-order valence-electron chi connectivity index (χ1n) is 10.8. The predicted molar refractivity (Wildman–Crippen MR) is 124 cm³/mol. The van der Waals surface area contributed by atoms with Gasteiger partial charge in [0.15, 0.2) is 11.6 Å². The van der Waals surface area contributed by atoms with Gasteiger partial charge in [-0.3, -0.25) is 10.00 Å². The van der Waals surface area contributed by atoms with Crippen molar-refractivity contribution in [1.29, 1.82) is 0 Å². The summed E-state index contributed by atoms with van der Waals surface area (Å²) in [5.41, 5.74) is 7.11. The van der Waals surface area contributed by atoms with Gasteiger partial charge in [0.1, 0.15) is 11.6 Å². The molecule has 34 heavy (non-hydrogen) atoms. The first-order chi connectivity index (χ1) is 16.3. The number of nitrogens with one attached hydrogen (secondary N) is 1. The Balaban J connectivity index is 0.000000191. The van der Waals surface area contributed by atoms with E-state index in [1.807, 2.05) is 0 Å². The number of ether oxygens (including phenoxy) is 1. The first-order valence-corrected chi connectivity index (χ1v) is 10.8. The summed E-state index contributed by atoms with van der Waals surface area (Å²) in [7, 11) is 3.34. The molecule has 10 heteroatoms. The number of hydrogen-bond acceptors (Lipinski definition) is 4. The Morgan fingerprint density at radius 3 is 2.65 bits per heavy atom. The highest BCUT2D eigenvalue weighted by Crippen LogP contribution is 2.28. The van der Waals surface area contributed by atoms with Gasteiger partial charge in [0.25, 0.3) is 0 Å². The van der Waals surface area contributed by atoms with Crippen LogP contribution in [0.1, 0.15) is 17.9 Å². The molecular formula is C24H28F3N5O2. The van der Waals surface area contributed by atoms with Gasteiger partial charge in [-0.25, -0.2) is 18.0 Å². The van der Waals surface area contributed by atoms with Gasteiger partial charge in [0.2, 0.25) is 0 Å². The third-order valence-corrected chi connectivity index (χ3v) is 5.55. The molecule has 1 aliphatic rings. The normalized spacial score (nSPS) is 15.6. The quantitative estimate of drug-likeness (QED) is 0.562. The monoisotopic (exact) mass is 475 g/mol. The van der Waals surface area contributed by atoms with E-state index in [0.717, 1.165) is 31.6 Å². The lowest BCUT2D eigenvalue weighted by Crippen LogP contribution is -2.24. The lowest BCUT2D eigenvalue weighted by atomic mass is 9.98. The number of amides is 2. The molecule has 0 bridgehead atoms. The molecule has 182 valence electrons. The lowest BCUT2D eigenvalue weighted by Gasteiger charge is -2.15. The van der Waals surface area contributed by atoms with Gasteiger partial charge in [-0.05, 0) is 48.7 Å². The third-order valence-electron chi connectivity index (χ3n) is 5.55. The smallest absolute Gasteiger partial charge is 0.317 e. The second kappa shape index (κ2) is 11.7. The van der Waals surface area contributed by atoms with Gasteiger partial charge in [0.05, 0.1) is 12.3 Å². The van der Waals surface area contributed by atoms with Crippen LogP contribution in [0.4, 0.5) is 23.8 Å². The fraction of sp³-hybridized carbons (Fsp3) is 0.333. The number of likely N-dealkylation sites (tertiary alicyclic amines) is 1. The van der Waals surface area contributed by atoms with Crippen molar-refractivity contribution in [3.63, 3.8) is 0 Å². The van der Waals surface area contributed by atoms with Gasteiger partial charge in [-0.15, -0.1) is 0 Å². The molecule has 1 fully saturated rings. The van der Waals surface area contributed by atoms with Crippen LogP contribution in [0.15, 0.2) is 48.5 Å². The lowest BCUT2D eigenvalue weighted by molar-refractivity contribution is 0.160. The van der Waals surface area contributed by atoms with E-state index in [1.54, 1.807) is 38.4 Å². The number of anilines is 1. The number of urea groups is 1. The summed E-state index contributed by atoms with van der Waals surface area (Å²) >= 11 is 0. The molecule has 1 aromatic heterocycles. The molecule has 7 nitrogen and oxygen atoms in total. The molecule has 0 aliphatic carbocycles. The SMILES string of the molecule is COCCN1CCC(c2ccc(F)c(F)c2)C1.Cn1nc(-c2cccc(F)c2)cc1NC(N)=O. The van der Waals surface area contributed by atoms with E-state index in [0.29, 0.717) is 29.6 Å². The van der Waals surface area contributed by atoms with E-state index in [1.165, 1.54) is 28.9 Å². The number of carbonyl (C=O) groups is 1. The zero-order valence-corrected chi connectivity index (χ0v) is 19.1. The number of rotatable bonds is 6. The minimum atomic E-state index is -0.775. The Kier molecular flexibility index (Phi) is 8.67. The maximum Gasteiger partial charge on any atom is 0.317 e. The van der Waals surface area contributed by atoms with Gasteiger partial charge >= 0.3 is 6.03 Å². The van der Waals surface area contributed by atoms with Gasteiger partial charge in [-0.2, -0.15) is 5.10 Å². The number of aryl methyl sites for hydroxylation is 1. The maximum absolute atomic E-state index is 13.1. The largest absolute Gasteiger partial charge is 0.383 e. The number of aromatic nitrogens is 2. The summed E-state index contributed by atoms with van der Waals surface area (Å²) in [6, 6.07) is 11.2. The van der Waals surface area contributed by atoms with Crippen LogP contribution >= 0.6 is 0 Å². The Morgan fingerprint density at radius 1 is 1.18 bits per heavy atom. The summed E-state index contributed by atoms with van der Waals surface area (Å²) in [6.07, 6.45) is 0.995. The molecule has 1 aliphatic heterocycles. The van der Waals surface area contributed by atoms with Crippen LogP contribution in [0.3, 0.4) is 0 Å². The number of primary amides is 1. The van der Waals surface area contributed by atoms with E-state index in [2.05, 4.69) is 15.3 Å². The van der Waals surface area contributed by atoms with E-state index in [-0.39, 0.29) is 5.82 Å². The van der Waals surface area contributed by atoms with E-state index in [9.17, 15) is 18.0 Å². The van der Waals surface area contributed by atoms with E-state index >= 15 is 0 Å². The predicted octanol–water partition coefficient (Wildman–Crippen LogP) is 4.12. The zero-order valence-electron chi connectivity index (χ0n) is 19.1. The fourth-order valence-electron chi connectivity index (χ4n) is 3.79. The van der Waals surface area contributed by atoms with Crippen molar-refractivity contribution >= 4 is 11.8 Å². The molecule has 4 rings (SSSR count). The average Bonchev–Trinajstić information content (AvgIpc) is 3.41. The topological polar surface area (TPSA) is 85.4 Å². The van der Waals surface area contributed by atoms with Crippen LogP contribution in [-0.2, 0) is 11.8 Å². The van der Waals surface area contributed by atoms with Crippen LogP contribution in [0.5, 0.6) is 0 Å². The summed E-state index contributed by atoms with van der Waals surface area (Å²) in [6.45, 7) is 3.50. The highest BCUT2D eigenvalue weighted by Gasteiger charge is 2.24. The minimum Gasteiger partial charge on any atom is -0.383 e. The molecule has 2 aromatic carbocycles. The van der Waals surface area contributed by atoms with Gasteiger partial charge in [0, 0.05) is 38.9 Å². The molecule has 2 heterocycles. The third kappa shape index (κ3) is 6.82. The Labute approximate surface area is 196 Å². The zero-order chi connectivity index (χ0) is 24.7. The second-order valence-corrected chi connectivity index (χ2v) is 7.99. The standard InChI is InChI=1S/C13H17F2NO.C11H11FN4O/c1-17-7-6-16-5-4-11(9-16)10-2-3-12(14)13(15)8-10;1-16-10(14-11(13)17)6-9(15-16)7-3-2-4-8(12)5-7/h2-3,8,11H,4-7,9H2,1H3;2-6H,1H3,(H3,13,14,17). The number of hydrogen-bond donors (Lipinski definition) is 2. The van der Waals surface area contributed by atoms with Crippen molar-refractivity contribution in [3.8, 4) is 11.3 Å². The molecule has 0 saturated carbocycles. The summed E-state index contributed by atoms with van der Waals surface area (Å²) in [4.78, 5) is 13.0. The maximum atomic E-state index is 13.1. The van der Waals surface area contributed by atoms with Crippen LogP contribution in [-0.4, -0.2) is 54.1 Å². The summed E-state index contributed by atoms with van der Waals surface area (Å²) in [5, 5.41) is 6.58. The molecular weight excluding hydrogens is 447 g/mol. The molecule has 2 amide bonds. The highest BCUT2D eigenvalue weighted by molar-refractivity contribution is 5.87. The number of nitrogens with zero attached hydrogens (tertiary/aromatic N) is 3. The number of methoxy groups -OCH3 is 1. The minimum absolute atomic E-state index is 0.307. The molecule has 1 unspecified atom stereocenters. The Morgan fingerprint density at radius 2 is 1.97 bits per heavy atom. The number of benzene rings is 2.